The standard InChI is InChI=1S/C14H18F4N2O2S/c1-9(19)10-4-6-20(7-5-10)23(21,22)13-8-11(14(16,17)18)2-3-12(13)15/h2-3,8-10H,4-7,19H2,1H3. The number of hydrogen-bond donors (Lipinski definition) is 1. The quantitative estimate of drug-likeness (QED) is 0.849. The van der Waals surface area contributed by atoms with Crippen LogP contribution in [0.25, 0.3) is 0 Å². The molecule has 0 saturated carbocycles. The SMILES string of the molecule is CC(N)C1CCN(S(=O)(=O)c2cc(C(F)(F)F)ccc2F)CC1. The minimum Gasteiger partial charge on any atom is -0.328 e. The molecule has 0 radical (unpaired) electrons. The first-order valence-corrected chi connectivity index (χ1v) is 8.60. The first kappa shape index (κ1) is 18.2. The lowest BCUT2D eigenvalue weighted by molar-refractivity contribution is -0.137. The highest BCUT2D eigenvalue weighted by atomic mass is 32.2. The third kappa shape index (κ3) is 3.84. The molecule has 4 nitrogen and oxygen atoms in total. The Morgan fingerprint density at radius 1 is 1.26 bits per heavy atom. The molecule has 0 spiro atoms. The van der Waals surface area contributed by atoms with Crippen LogP contribution >= 0.6 is 0 Å². The molecule has 2 N–H and O–H groups in total. The molecular weight excluding hydrogens is 336 g/mol. The Morgan fingerprint density at radius 2 is 1.83 bits per heavy atom. The van der Waals surface area contributed by atoms with Crippen molar-refractivity contribution < 1.29 is 26.0 Å². The van der Waals surface area contributed by atoms with Crippen molar-refractivity contribution in [3.05, 3.63) is 29.6 Å². The molecule has 1 unspecified atom stereocenters. The first-order chi connectivity index (χ1) is 10.5. The van der Waals surface area contributed by atoms with Crippen molar-refractivity contribution in [2.24, 2.45) is 11.7 Å². The van der Waals surface area contributed by atoms with Crippen LogP contribution in [0.1, 0.15) is 25.3 Å². The molecule has 2 rings (SSSR count). The van der Waals surface area contributed by atoms with E-state index in [-0.39, 0.29) is 25.0 Å². The molecule has 1 aromatic rings. The van der Waals surface area contributed by atoms with Crippen molar-refractivity contribution in [2.75, 3.05) is 13.1 Å². The molecule has 9 heteroatoms. The Kier molecular flexibility index (Phi) is 5.03. The molecule has 0 aliphatic carbocycles. The third-order valence-electron chi connectivity index (χ3n) is 4.12. The first-order valence-electron chi connectivity index (χ1n) is 7.16. The van der Waals surface area contributed by atoms with Gasteiger partial charge in [-0.25, -0.2) is 12.8 Å². The summed E-state index contributed by atoms with van der Waals surface area (Å²) >= 11 is 0. The lowest BCUT2D eigenvalue weighted by atomic mass is 9.92. The van der Waals surface area contributed by atoms with Gasteiger partial charge in [-0.05, 0) is 43.9 Å². The van der Waals surface area contributed by atoms with Crippen LogP contribution in [0.3, 0.4) is 0 Å². The normalized spacial score (nSPS) is 19.7. The molecular formula is C14H18F4N2O2S. The van der Waals surface area contributed by atoms with Crippen LogP contribution < -0.4 is 5.73 Å². The van der Waals surface area contributed by atoms with Gasteiger partial charge in [-0.15, -0.1) is 0 Å². The van der Waals surface area contributed by atoms with Crippen LogP contribution in [-0.4, -0.2) is 31.9 Å². The number of nitrogens with two attached hydrogens (primary N) is 1. The van der Waals surface area contributed by atoms with Crippen LogP contribution in [-0.2, 0) is 16.2 Å². The van der Waals surface area contributed by atoms with Gasteiger partial charge in [0.05, 0.1) is 5.56 Å². The van der Waals surface area contributed by atoms with E-state index in [4.69, 9.17) is 5.73 Å². The van der Waals surface area contributed by atoms with Crippen LogP contribution in [0, 0.1) is 11.7 Å². The van der Waals surface area contributed by atoms with Gasteiger partial charge in [-0.1, -0.05) is 0 Å². The molecule has 1 aliphatic rings. The number of benzene rings is 1. The summed E-state index contributed by atoms with van der Waals surface area (Å²) in [6, 6.07) is 1.31. The second-order valence-corrected chi connectivity index (χ2v) is 7.65. The Labute approximate surface area is 132 Å². The smallest absolute Gasteiger partial charge is 0.328 e. The zero-order valence-corrected chi connectivity index (χ0v) is 13.3. The van der Waals surface area contributed by atoms with Crippen molar-refractivity contribution in [2.45, 2.75) is 36.9 Å². The molecule has 1 saturated heterocycles. The molecule has 1 atom stereocenters. The molecule has 0 bridgehead atoms. The van der Waals surface area contributed by atoms with Gasteiger partial charge in [-0.2, -0.15) is 17.5 Å². The zero-order valence-electron chi connectivity index (χ0n) is 12.5. The van der Waals surface area contributed by atoms with E-state index in [2.05, 4.69) is 0 Å². The number of halogens is 4. The van der Waals surface area contributed by atoms with E-state index < -0.39 is 32.5 Å². The Balaban J connectivity index is 2.30. The highest BCUT2D eigenvalue weighted by Crippen LogP contribution is 2.33. The minimum absolute atomic E-state index is 0.0925. The fourth-order valence-electron chi connectivity index (χ4n) is 2.66. The van der Waals surface area contributed by atoms with E-state index in [1.165, 1.54) is 0 Å². The van der Waals surface area contributed by atoms with E-state index in [9.17, 15) is 26.0 Å². The Hall–Kier alpha value is -1.19. The summed E-state index contributed by atoms with van der Waals surface area (Å²) in [5, 5.41) is 0. The van der Waals surface area contributed by atoms with Crippen molar-refractivity contribution >= 4 is 10.0 Å². The summed E-state index contributed by atoms with van der Waals surface area (Å²) in [5.74, 6) is -1.04. The van der Waals surface area contributed by atoms with Crippen LogP contribution in [0.15, 0.2) is 23.1 Å². The van der Waals surface area contributed by atoms with E-state index in [1.54, 1.807) is 0 Å². The summed E-state index contributed by atoms with van der Waals surface area (Å²) < 4.78 is 77.9. The van der Waals surface area contributed by atoms with Crippen LogP contribution in [0.4, 0.5) is 17.6 Å². The van der Waals surface area contributed by atoms with Crippen molar-refractivity contribution in [1.82, 2.24) is 4.31 Å². The largest absolute Gasteiger partial charge is 0.416 e. The summed E-state index contributed by atoms with van der Waals surface area (Å²) in [5.41, 5.74) is 4.58. The van der Waals surface area contributed by atoms with E-state index in [0.717, 1.165) is 4.31 Å². The van der Waals surface area contributed by atoms with Crippen molar-refractivity contribution in [3.8, 4) is 0 Å². The van der Waals surface area contributed by atoms with Crippen LogP contribution in [0.2, 0.25) is 0 Å². The number of nitrogens with zero attached hydrogens (tertiary/aromatic N) is 1. The fraction of sp³-hybridized carbons (Fsp3) is 0.571. The molecule has 0 amide bonds. The van der Waals surface area contributed by atoms with E-state index in [1.807, 2.05) is 6.92 Å². The Morgan fingerprint density at radius 3 is 2.30 bits per heavy atom. The average molecular weight is 354 g/mol. The summed E-state index contributed by atoms with van der Waals surface area (Å²) in [6.07, 6.45) is -3.74. The van der Waals surface area contributed by atoms with Crippen molar-refractivity contribution in [3.63, 3.8) is 0 Å². The second-order valence-electron chi connectivity index (χ2n) is 5.74. The van der Waals surface area contributed by atoms with E-state index >= 15 is 0 Å². The topological polar surface area (TPSA) is 63.4 Å². The number of piperidine rings is 1. The number of sulfonamides is 1. The van der Waals surface area contributed by atoms with Gasteiger partial charge in [-0.3, -0.25) is 0 Å². The minimum atomic E-state index is -4.74. The monoisotopic (exact) mass is 354 g/mol. The molecule has 23 heavy (non-hydrogen) atoms. The maximum absolute atomic E-state index is 13.8. The highest BCUT2D eigenvalue weighted by molar-refractivity contribution is 7.89. The lowest BCUT2D eigenvalue weighted by Crippen LogP contribution is -2.42. The maximum Gasteiger partial charge on any atom is 0.416 e. The van der Waals surface area contributed by atoms with Gasteiger partial charge in [0.2, 0.25) is 10.0 Å². The van der Waals surface area contributed by atoms with Gasteiger partial charge >= 0.3 is 6.18 Å². The Bertz CT molecular complexity index is 666. The summed E-state index contributed by atoms with van der Waals surface area (Å²) in [6.45, 7) is 2.05. The van der Waals surface area contributed by atoms with Gasteiger partial charge in [0.25, 0.3) is 0 Å². The van der Waals surface area contributed by atoms with Gasteiger partial charge < -0.3 is 5.73 Å². The molecule has 0 aromatic heterocycles. The van der Waals surface area contributed by atoms with Crippen LogP contribution in [0.5, 0.6) is 0 Å². The third-order valence-corrected chi connectivity index (χ3v) is 6.03. The molecule has 1 fully saturated rings. The average Bonchev–Trinajstić information content (AvgIpc) is 2.46. The summed E-state index contributed by atoms with van der Waals surface area (Å²) in [7, 11) is -4.31. The van der Waals surface area contributed by atoms with Gasteiger partial charge in [0.1, 0.15) is 10.7 Å². The van der Waals surface area contributed by atoms with Crippen molar-refractivity contribution in [1.29, 1.82) is 0 Å². The fourth-order valence-corrected chi connectivity index (χ4v) is 4.22. The van der Waals surface area contributed by atoms with E-state index in [0.29, 0.717) is 31.0 Å². The van der Waals surface area contributed by atoms with Gasteiger partial charge in [0, 0.05) is 19.1 Å². The number of hydrogen-bond acceptors (Lipinski definition) is 3. The highest BCUT2D eigenvalue weighted by Gasteiger charge is 2.36. The second kappa shape index (κ2) is 6.37. The predicted molar refractivity (Wildman–Crippen MR) is 76.5 cm³/mol. The molecule has 1 heterocycles. The lowest BCUT2D eigenvalue weighted by Gasteiger charge is -2.33. The summed E-state index contributed by atoms with van der Waals surface area (Å²) in [4.78, 5) is -0.938. The van der Waals surface area contributed by atoms with Gasteiger partial charge in [0.15, 0.2) is 0 Å². The predicted octanol–water partition coefficient (Wildman–Crippen LogP) is 2.59. The number of rotatable bonds is 3. The number of alkyl halides is 3. The zero-order chi connectivity index (χ0) is 17.4. The maximum atomic E-state index is 13.8. The molecule has 1 aromatic carbocycles. The molecule has 130 valence electrons. The molecule has 1 aliphatic heterocycles.